The molecule has 16 nitrogen and oxygen atoms in total. The van der Waals surface area contributed by atoms with Crippen molar-refractivity contribution in [3.05, 3.63) is 0 Å². The lowest BCUT2D eigenvalue weighted by molar-refractivity contribution is -0.376. The lowest BCUT2D eigenvalue weighted by Crippen LogP contribution is -2.67. The van der Waals surface area contributed by atoms with Gasteiger partial charge in [0.15, 0.2) is 12.6 Å². The van der Waals surface area contributed by atoms with E-state index in [-0.39, 0.29) is 64.9 Å². The van der Waals surface area contributed by atoms with Crippen molar-refractivity contribution in [1.82, 2.24) is 0 Å². The van der Waals surface area contributed by atoms with E-state index in [0.29, 0.717) is 25.9 Å². The van der Waals surface area contributed by atoms with E-state index in [9.17, 15) is 45.0 Å². The molecule has 7 fully saturated rings. The maximum atomic E-state index is 13.3. The highest BCUT2D eigenvalue weighted by Gasteiger charge is 2.71. The van der Waals surface area contributed by atoms with E-state index in [0.717, 1.165) is 32.1 Å². The number of aliphatic hydroxyl groups excluding tert-OH is 6. The van der Waals surface area contributed by atoms with Gasteiger partial charge in [-0.2, -0.15) is 0 Å². The molecule has 0 radical (unpaired) electrons. The maximum Gasteiger partial charge on any atom is 0.309 e. The van der Waals surface area contributed by atoms with Gasteiger partial charge in [0.05, 0.1) is 37.8 Å². The number of fused-ring (bicyclic) bond motifs is 4. The Bertz CT molecular complexity index is 1590. The smallest absolute Gasteiger partial charge is 0.309 e. The van der Waals surface area contributed by atoms with Crippen molar-refractivity contribution in [1.29, 1.82) is 0 Å². The number of rotatable bonds is 10. The monoisotopic (exact) mass is 854 g/mol. The first-order valence-corrected chi connectivity index (χ1v) is 22.3. The largest absolute Gasteiger partial charge is 0.465 e. The third-order valence-electron chi connectivity index (χ3n) is 17.1. The summed E-state index contributed by atoms with van der Waals surface area (Å²) in [5.41, 5.74) is -1.48. The van der Waals surface area contributed by atoms with Gasteiger partial charge in [-0.3, -0.25) is 14.4 Å². The topological polar surface area (TPSA) is 237 Å². The molecule has 3 saturated carbocycles. The SMILES string of the molecule is CC(=O)O[C@@H](C[C@@H]1C[C@@H](C)C(=O)O1)[C@H](C)[C@H]1CC[C@@H]2[C@@]3(C)CC[C@H](O[C@@H]4O[C@H](CO)[C@@H](O)[C@H](O)[C@H]4O[C@@H]4O[C@@H](C)[C@H](O)[C@@H](O)[C@H]4O)C(C)(C)[C@H]3CC[C@@]2(C)[C@@]12COC(=O)C2. The first-order valence-electron chi connectivity index (χ1n) is 22.3. The van der Waals surface area contributed by atoms with E-state index in [1.807, 2.05) is 6.92 Å². The number of hydrogen-bond acceptors (Lipinski definition) is 16. The van der Waals surface area contributed by atoms with Crippen molar-refractivity contribution in [3.8, 4) is 0 Å². The lowest BCUT2D eigenvalue weighted by atomic mass is 9.34. The molecule has 21 atom stereocenters. The normalized spacial score (nSPS) is 50.0. The van der Waals surface area contributed by atoms with E-state index >= 15 is 0 Å². The molecule has 7 aliphatic rings. The van der Waals surface area contributed by atoms with Crippen LogP contribution in [0.5, 0.6) is 0 Å². The molecule has 0 aromatic rings. The fraction of sp³-hybridized carbons (Fsp3) is 0.932. The predicted octanol–water partition coefficient (Wildman–Crippen LogP) is 2.13. The van der Waals surface area contributed by atoms with Crippen LogP contribution in [-0.4, -0.2) is 141 Å². The summed E-state index contributed by atoms with van der Waals surface area (Å²) in [4.78, 5) is 38.2. The van der Waals surface area contributed by atoms with Crippen LogP contribution in [0.15, 0.2) is 0 Å². The molecule has 0 amide bonds. The highest BCUT2D eigenvalue weighted by Crippen LogP contribution is 2.74. The molecule has 3 aliphatic carbocycles. The maximum absolute atomic E-state index is 13.3. The van der Waals surface area contributed by atoms with Gasteiger partial charge in [0, 0.05) is 18.8 Å². The first-order chi connectivity index (χ1) is 28.1. The van der Waals surface area contributed by atoms with Crippen molar-refractivity contribution in [3.63, 3.8) is 0 Å². The Labute approximate surface area is 352 Å². The van der Waals surface area contributed by atoms with Gasteiger partial charge in [-0.25, -0.2) is 0 Å². The molecule has 16 heteroatoms. The molecular weight excluding hydrogens is 784 g/mol. The second-order valence-electron chi connectivity index (χ2n) is 20.7. The molecule has 0 unspecified atom stereocenters. The minimum atomic E-state index is -1.68. The number of esters is 3. The standard InChI is InChI=1S/C44H70O16/c1-20-15-24(57-38(20)53)16-26(56-23(4)46)21(2)25-9-10-29-42(7)13-12-30(41(5,6)28(42)11-14-43(29,8)44(25)17-31(47)54-19-44)59-40-37(35(51)33(49)27(18-45)58-40)60-39-36(52)34(50)32(48)22(3)55-39/h20-22,24-30,32-37,39-40,45,48-52H,9-19H2,1-8H3/t20-,21-,22+,24+,25-,26+,27-,28-,29-,30+,32+,33-,34-,35+,36-,37-,39+,40+,42+,43-,44+/m1/s1. The molecule has 0 bridgehead atoms. The molecule has 4 aliphatic heterocycles. The minimum Gasteiger partial charge on any atom is -0.465 e. The average molecular weight is 855 g/mol. The molecule has 0 aromatic carbocycles. The van der Waals surface area contributed by atoms with Crippen molar-refractivity contribution in [2.75, 3.05) is 13.2 Å². The molecule has 0 aromatic heterocycles. The van der Waals surface area contributed by atoms with E-state index < -0.39 is 97.0 Å². The van der Waals surface area contributed by atoms with Crippen LogP contribution in [0.25, 0.3) is 0 Å². The van der Waals surface area contributed by atoms with E-state index in [2.05, 4.69) is 34.6 Å². The van der Waals surface area contributed by atoms with Gasteiger partial charge in [0.2, 0.25) is 0 Å². The van der Waals surface area contributed by atoms with Gasteiger partial charge in [-0.1, -0.05) is 41.5 Å². The van der Waals surface area contributed by atoms with Gasteiger partial charge < -0.3 is 63.8 Å². The lowest BCUT2D eigenvalue weighted by Gasteiger charge is -2.70. The van der Waals surface area contributed by atoms with Crippen LogP contribution in [0, 0.1) is 51.2 Å². The van der Waals surface area contributed by atoms with Gasteiger partial charge >= 0.3 is 17.9 Å². The number of hydrogen-bond donors (Lipinski definition) is 6. The van der Waals surface area contributed by atoms with Gasteiger partial charge in [-0.05, 0) is 91.8 Å². The van der Waals surface area contributed by atoms with Crippen molar-refractivity contribution >= 4 is 17.9 Å². The first kappa shape index (κ1) is 46.0. The fourth-order valence-corrected chi connectivity index (χ4v) is 13.8. The fourth-order valence-electron chi connectivity index (χ4n) is 13.8. The van der Waals surface area contributed by atoms with Gasteiger partial charge in [0.1, 0.15) is 54.9 Å². The highest BCUT2D eigenvalue weighted by molar-refractivity contribution is 5.74. The Morgan fingerprint density at radius 2 is 1.57 bits per heavy atom. The molecule has 1 spiro atoms. The second-order valence-corrected chi connectivity index (χ2v) is 20.7. The Hall–Kier alpha value is -1.99. The van der Waals surface area contributed by atoms with Crippen LogP contribution in [0.2, 0.25) is 0 Å². The van der Waals surface area contributed by atoms with E-state index in [1.165, 1.54) is 13.8 Å². The number of carbonyl (C=O) groups excluding carboxylic acids is 3. The van der Waals surface area contributed by atoms with Crippen LogP contribution >= 0.6 is 0 Å². The van der Waals surface area contributed by atoms with Crippen LogP contribution in [0.1, 0.15) is 113 Å². The second kappa shape index (κ2) is 16.9. The van der Waals surface area contributed by atoms with Crippen molar-refractivity contribution < 1.29 is 78.2 Å². The van der Waals surface area contributed by atoms with Crippen molar-refractivity contribution in [2.45, 2.75) is 193 Å². The van der Waals surface area contributed by atoms with E-state index in [1.54, 1.807) is 0 Å². The molecule has 7 rings (SSSR count). The summed E-state index contributed by atoms with van der Waals surface area (Å²) in [7, 11) is 0. The quantitative estimate of drug-likeness (QED) is 0.105. The summed E-state index contributed by atoms with van der Waals surface area (Å²) in [6, 6.07) is 0. The number of aliphatic hydroxyl groups is 6. The Balaban J connectivity index is 1.13. The van der Waals surface area contributed by atoms with Crippen LogP contribution in [-0.2, 0) is 47.5 Å². The average Bonchev–Trinajstić information content (AvgIpc) is 3.73. The van der Waals surface area contributed by atoms with Crippen LogP contribution < -0.4 is 0 Å². The molecule has 6 N–H and O–H groups in total. The zero-order valence-corrected chi connectivity index (χ0v) is 36.4. The van der Waals surface area contributed by atoms with Crippen LogP contribution in [0.4, 0.5) is 0 Å². The number of ether oxygens (including phenoxy) is 7. The minimum absolute atomic E-state index is 0.00225. The summed E-state index contributed by atoms with van der Waals surface area (Å²) in [6.45, 7) is 15.6. The predicted molar refractivity (Wildman–Crippen MR) is 209 cm³/mol. The zero-order chi connectivity index (χ0) is 43.9. The molecule has 60 heavy (non-hydrogen) atoms. The van der Waals surface area contributed by atoms with Crippen LogP contribution in [0.3, 0.4) is 0 Å². The Morgan fingerprint density at radius 3 is 2.18 bits per heavy atom. The molecular formula is C44H70O16. The summed E-state index contributed by atoms with van der Waals surface area (Å²) >= 11 is 0. The third-order valence-corrected chi connectivity index (χ3v) is 17.1. The highest BCUT2D eigenvalue weighted by atomic mass is 16.8. The zero-order valence-electron chi connectivity index (χ0n) is 36.4. The Kier molecular flexibility index (Phi) is 12.9. The summed E-state index contributed by atoms with van der Waals surface area (Å²) in [6.07, 6.45) is -9.45. The summed E-state index contributed by atoms with van der Waals surface area (Å²) in [5.74, 6) is -0.856. The molecule has 4 heterocycles. The third kappa shape index (κ3) is 7.63. The summed E-state index contributed by atoms with van der Waals surface area (Å²) in [5, 5.41) is 63.8. The Morgan fingerprint density at radius 1 is 0.850 bits per heavy atom. The number of carbonyl (C=O) groups is 3. The van der Waals surface area contributed by atoms with Crippen molar-refractivity contribution in [2.24, 2.45) is 51.2 Å². The molecule has 4 saturated heterocycles. The number of cyclic esters (lactones) is 2. The summed E-state index contributed by atoms with van der Waals surface area (Å²) < 4.78 is 42.2. The van der Waals surface area contributed by atoms with Gasteiger partial charge in [-0.15, -0.1) is 0 Å². The van der Waals surface area contributed by atoms with Gasteiger partial charge in [0.25, 0.3) is 0 Å². The van der Waals surface area contributed by atoms with E-state index in [4.69, 9.17) is 33.2 Å². The molecule has 342 valence electrons.